The van der Waals surface area contributed by atoms with E-state index in [1.54, 1.807) is 29.6 Å². The van der Waals surface area contributed by atoms with Crippen LogP contribution in [-0.2, 0) is 16.1 Å². The van der Waals surface area contributed by atoms with E-state index in [1.807, 2.05) is 12.1 Å². The van der Waals surface area contributed by atoms with Crippen LogP contribution >= 0.6 is 11.3 Å². The van der Waals surface area contributed by atoms with Gasteiger partial charge in [-0.25, -0.2) is 14.2 Å². The number of carbonyl (C=O) groups is 2. The Morgan fingerprint density at radius 3 is 2.65 bits per heavy atom. The number of ether oxygens (including phenoxy) is 1. The molecule has 2 aromatic carbocycles. The van der Waals surface area contributed by atoms with Crippen molar-refractivity contribution in [3.63, 3.8) is 0 Å². The molecule has 1 atom stereocenters. The SMILES string of the molecule is NC(=O)CCC1CN(c2ccc(-c3ccc(-c4nc(CO)cs4)cc3)c(F)c2)C(=O)O1. The van der Waals surface area contributed by atoms with Crippen LogP contribution in [0.4, 0.5) is 14.9 Å². The van der Waals surface area contributed by atoms with Gasteiger partial charge in [0, 0.05) is 22.9 Å². The first-order valence-corrected chi connectivity index (χ1v) is 10.5. The molecule has 1 aromatic heterocycles. The van der Waals surface area contributed by atoms with Gasteiger partial charge in [-0.15, -0.1) is 11.3 Å². The lowest BCUT2D eigenvalue weighted by Gasteiger charge is -2.14. The number of aliphatic hydroxyl groups is 1. The summed E-state index contributed by atoms with van der Waals surface area (Å²) in [4.78, 5) is 28.7. The predicted molar refractivity (Wildman–Crippen MR) is 115 cm³/mol. The van der Waals surface area contributed by atoms with E-state index in [9.17, 15) is 14.0 Å². The van der Waals surface area contributed by atoms with Gasteiger partial charge in [0.2, 0.25) is 5.91 Å². The summed E-state index contributed by atoms with van der Waals surface area (Å²) in [6.45, 7) is 0.131. The van der Waals surface area contributed by atoms with Gasteiger partial charge in [0.1, 0.15) is 16.9 Å². The predicted octanol–water partition coefficient (Wildman–Crippen LogP) is 3.70. The van der Waals surface area contributed by atoms with Crippen molar-refractivity contribution in [2.75, 3.05) is 11.4 Å². The highest BCUT2D eigenvalue weighted by molar-refractivity contribution is 7.13. The van der Waals surface area contributed by atoms with E-state index >= 15 is 0 Å². The average molecular weight is 441 g/mol. The number of amides is 2. The van der Waals surface area contributed by atoms with E-state index in [0.29, 0.717) is 28.9 Å². The number of cyclic esters (lactones) is 1. The molecule has 0 spiro atoms. The van der Waals surface area contributed by atoms with Crippen molar-refractivity contribution >= 4 is 29.0 Å². The third-order valence-corrected chi connectivity index (χ3v) is 5.95. The van der Waals surface area contributed by atoms with Crippen molar-refractivity contribution in [3.05, 3.63) is 59.4 Å². The summed E-state index contributed by atoms with van der Waals surface area (Å²) in [7, 11) is 0. The molecule has 9 heteroatoms. The van der Waals surface area contributed by atoms with Crippen LogP contribution in [0, 0.1) is 5.82 Å². The van der Waals surface area contributed by atoms with Gasteiger partial charge in [0.15, 0.2) is 0 Å². The van der Waals surface area contributed by atoms with E-state index in [4.69, 9.17) is 15.6 Å². The van der Waals surface area contributed by atoms with E-state index in [1.165, 1.54) is 22.3 Å². The van der Waals surface area contributed by atoms with Crippen LogP contribution in [0.15, 0.2) is 47.8 Å². The third kappa shape index (κ3) is 4.57. The number of benzene rings is 2. The molecule has 0 bridgehead atoms. The Morgan fingerprint density at radius 2 is 2.00 bits per heavy atom. The number of aromatic nitrogens is 1. The number of anilines is 1. The van der Waals surface area contributed by atoms with Crippen molar-refractivity contribution in [1.82, 2.24) is 4.98 Å². The van der Waals surface area contributed by atoms with Crippen molar-refractivity contribution in [2.45, 2.75) is 25.6 Å². The number of halogens is 1. The van der Waals surface area contributed by atoms with Crippen molar-refractivity contribution in [3.8, 4) is 21.7 Å². The highest BCUT2D eigenvalue weighted by atomic mass is 32.1. The van der Waals surface area contributed by atoms with Gasteiger partial charge in [-0.1, -0.05) is 24.3 Å². The van der Waals surface area contributed by atoms with Crippen molar-refractivity contribution < 1.29 is 23.8 Å². The van der Waals surface area contributed by atoms with E-state index in [-0.39, 0.29) is 19.6 Å². The Labute approximate surface area is 181 Å². The molecule has 3 aromatic rings. The second-order valence-electron chi connectivity index (χ2n) is 7.16. The maximum Gasteiger partial charge on any atom is 0.414 e. The molecule has 1 aliphatic heterocycles. The molecule has 1 fully saturated rings. The van der Waals surface area contributed by atoms with E-state index in [0.717, 1.165) is 10.6 Å². The lowest BCUT2D eigenvalue weighted by Crippen LogP contribution is -2.25. The molecule has 7 nitrogen and oxygen atoms in total. The lowest BCUT2D eigenvalue weighted by atomic mass is 10.0. The first-order valence-electron chi connectivity index (χ1n) is 9.66. The molecular weight excluding hydrogens is 421 g/mol. The summed E-state index contributed by atoms with van der Waals surface area (Å²) in [5.74, 6) is -0.921. The van der Waals surface area contributed by atoms with Gasteiger partial charge >= 0.3 is 6.09 Å². The highest BCUT2D eigenvalue weighted by Crippen LogP contribution is 2.31. The number of nitrogens with two attached hydrogens (primary N) is 1. The molecule has 4 rings (SSSR count). The molecule has 1 aliphatic rings. The van der Waals surface area contributed by atoms with Gasteiger partial charge in [-0.05, 0) is 30.2 Å². The second-order valence-corrected chi connectivity index (χ2v) is 8.02. The Kier molecular flexibility index (Phi) is 5.97. The summed E-state index contributed by atoms with van der Waals surface area (Å²) in [5, 5.41) is 11.7. The minimum atomic E-state index is -0.573. The van der Waals surface area contributed by atoms with Gasteiger partial charge in [-0.2, -0.15) is 0 Å². The first kappa shape index (κ1) is 21.0. The highest BCUT2D eigenvalue weighted by Gasteiger charge is 2.32. The van der Waals surface area contributed by atoms with Crippen LogP contribution in [0.2, 0.25) is 0 Å². The van der Waals surface area contributed by atoms with Crippen LogP contribution in [-0.4, -0.2) is 34.7 Å². The molecule has 160 valence electrons. The van der Waals surface area contributed by atoms with Crippen LogP contribution in [0.1, 0.15) is 18.5 Å². The number of carbonyl (C=O) groups excluding carboxylic acids is 2. The summed E-state index contributed by atoms with van der Waals surface area (Å²) >= 11 is 1.43. The number of primary amides is 1. The number of thiazole rings is 1. The smallest absolute Gasteiger partial charge is 0.414 e. The van der Waals surface area contributed by atoms with Gasteiger partial charge in [0.05, 0.1) is 24.5 Å². The minimum absolute atomic E-state index is 0.109. The number of rotatable bonds is 7. The van der Waals surface area contributed by atoms with Crippen LogP contribution in [0.25, 0.3) is 21.7 Å². The fourth-order valence-corrected chi connectivity index (χ4v) is 4.21. The molecule has 1 unspecified atom stereocenters. The standard InChI is InChI=1S/C22H20FN3O4S/c23-19-9-16(26-10-17(30-22(26)29)6-8-20(24)28)5-7-18(19)13-1-3-14(4-2-13)21-25-15(11-27)12-31-21/h1-5,7,9,12,17,27H,6,8,10-11H2,(H2,24,28). The Morgan fingerprint density at radius 1 is 1.26 bits per heavy atom. The van der Waals surface area contributed by atoms with E-state index in [2.05, 4.69) is 4.98 Å². The molecular formula is C22H20FN3O4S. The Hall–Kier alpha value is -3.30. The average Bonchev–Trinajstić information content (AvgIpc) is 3.39. The molecule has 0 aliphatic carbocycles. The zero-order valence-electron chi connectivity index (χ0n) is 16.5. The summed E-state index contributed by atoms with van der Waals surface area (Å²) in [6, 6.07) is 11.9. The number of nitrogens with zero attached hydrogens (tertiary/aromatic N) is 2. The molecule has 0 radical (unpaired) electrons. The van der Waals surface area contributed by atoms with Crippen LogP contribution in [0.5, 0.6) is 0 Å². The first-order chi connectivity index (χ1) is 14.9. The molecule has 0 saturated carbocycles. The van der Waals surface area contributed by atoms with Gasteiger partial charge < -0.3 is 15.6 Å². The molecule has 1 saturated heterocycles. The number of hydrogen-bond acceptors (Lipinski definition) is 6. The molecule has 2 amide bonds. The summed E-state index contributed by atoms with van der Waals surface area (Å²) in [6.07, 6.45) is -0.565. The number of aliphatic hydroxyl groups excluding tert-OH is 1. The third-order valence-electron chi connectivity index (χ3n) is 5.01. The minimum Gasteiger partial charge on any atom is -0.444 e. The lowest BCUT2D eigenvalue weighted by molar-refractivity contribution is -0.118. The Balaban J connectivity index is 1.50. The maximum atomic E-state index is 14.9. The zero-order valence-corrected chi connectivity index (χ0v) is 17.3. The molecule has 31 heavy (non-hydrogen) atoms. The summed E-state index contributed by atoms with van der Waals surface area (Å²) < 4.78 is 20.1. The molecule has 2 heterocycles. The zero-order chi connectivity index (χ0) is 22.0. The van der Waals surface area contributed by atoms with Crippen molar-refractivity contribution in [2.24, 2.45) is 5.73 Å². The fourth-order valence-electron chi connectivity index (χ4n) is 3.40. The van der Waals surface area contributed by atoms with Crippen LogP contribution in [0.3, 0.4) is 0 Å². The largest absolute Gasteiger partial charge is 0.444 e. The van der Waals surface area contributed by atoms with E-state index < -0.39 is 23.9 Å². The quantitative estimate of drug-likeness (QED) is 0.582. The Bertz CT molecular complexity index is 1120. The maximum absolute atomic E-state index is 14.9. The van der Waals surface area contributed by atoms with Crippen LogP contribution < -0.4 is 10.6 Å². The van der Waals surface area contributed by atoms with Gasteiger partial charge in [0.25, 0.3) is 0 Å². The molecule has 3 N–H and O–H groups in total. The number of hydrogen-bond donors (Lipinski definition) is 2. The van der Waals surface area contributed by atoms with Crippen molar-refractivity contribution in [1.29, 1.82) is 0 Å². The fraction of sp³-hybridized carbons (Fsp3) is 0.227. The second kappa shape index (κ2) is 8.83. The topological polar surface area (TPSA) is 106 Å². The summed E-state index contributed by atoms with van der Waals surface area (Å²) in [5.41, 5.74) is 8.12. The monoisotopic (exact) mass is 441 g/mol. The normalized spacial score (nSPS) is 15.9. The van der Waals surface area contributed by atoms with Gasteiger partial charge in [-0.3, -0.25) is 9.69 Å².